The smallest absolute Gasteiger partial charge is 0.146 e. The first-order valence-corrected chi connectivity index (χ1v) is 7.67. The first-order valence-electron chi connectivity index (χ1n) is 6.79. The lowest BCUT2D eigenvalue weighted by atomic mass is 10.2. The highest BCUT2D eigenvalue weighted by Crippen LogP contribution is 2.24. The van der Waals surface area contributed by atoms with Crippen molar-refractivity contribution in [3.8, 4) is 0 Å². The number of aryl methyl sites for hydroxylation is 2. The molecule has 20 heavy (non-hydrogen) atoms. The highest BCUT2D eigenvalue weighted by Gasteiger charge is 2.10. The van der Waals surface area contributed by atoms with Gasteiger partial charge in [0.25, 0.3) is 0 Å². The molecule has 1 atom stereocenters. The number of hydrogen-bond donors (Lipinski definition) is 0. The van der Waals surface area contributed by atoms with Crippen LogP contribution >= 0.6 is 11.8 Å². The van der Waals surface area contributed by atoms with Crippen LogP contribution in [0.1, 0.15) is 18.3 Å². The minimum atomic E-state index is 0.538. The zero-order valence-corrected chi connectivity index (χ0v) is 13.4. The number of hydrogen-bond acceptors (Lipinski definition) is 4. The Labute approximate surface area is 125 Å². The molecule has 0 N–H and O–H groups in total. The van der Waals surface area contributed by atoms with Crippen LogP contribution < -0.4 is 0 Å². The van der Waals surface area contributed by atoms with E-state index in [1.165, 1.54) is 10.5 Å². The molecule has 0 bridgehead atoms. The van der Waals surface area contributed by atoms with Crippen molar-refractivity contribution in [3.05, 3.63) is 42.0 Å². The van der Waals surface area contributed by atoms with Gasteiger partial charge in [0.2, 0.25) is 0 Å². The summed E-state index contributed by atoms with van der Waals surface area (Å²) in [6.45, 7) is 6.23. The number of benzene rings is 1. The predicted molar refractivity (Wildman–Crippen MR) is 83.8 cm³/mol. The van der Waals surface area contributed by atoms with Crippen LogP contribution in [0.3, 0.4) is 0 Å². The molecule has 0 saturated heterocycles. The van der Waals surface area contributed by atoms with Gasteiger partial charge in [0.1, 0.15) is 12.2 Å². The zero-order valence-electron chi connectivity index (χ0n) is 12.6. The molecule has 2 aromatic rings. The summed E-state index contributed by atoms with van der Waals surface area (Å²) in [5, 5.41) is 8.57. The molecule has 0 radical (unpaired) electrons. The highest BCUT2D eigenvalue weighted by molar-refractivity contribution is 8.00. The van der Waals surface area contributed by atoms with Gasteiger partial charge in [-0.05, 0) is 26.1 Å². The van der Waals surface area contributed by atoms with Gasteiger partial charge < -0.3 is 4.57 Å². The Kier molecular flexibility index (Phi) is 5.20. The second kappa shape index (κ2) is 6.90. The van der Waals surface area contributed by atoms with E-state index in [9.17, 15) is 0 Å². The van der Waals surface area contributed by atoms with Crippen LogP contribution in [0.25, 0.3) is 0 Å². The van der Waals surface area contributed by atoms with Gasteiger partial charge in [-0.3, -0.25) is 4.90 Å². The van der Waals surface area contributed by atoms with E-state index in [1.54, 1.807) is 6.33 Å². The maximum Gasteiger partial charge on any atom is 0.146 e. The lowest BCUT2D eigenvalue weighted by molar-refractivity contribution is 0.318. The molecule has 4 nitrogen and oxygen atoms in total. The summed E-state index contributed by atoms with van der Waals surface area (Å²) in [6.07, 6.45) is 1.74. The maximum absolute atomic E-state index is 4.12. The van der Waals surface area contributed by atoms with Crippen LogP contribution in [0, 0.1) is 6.92 Å². The van der Waals surface area contributed by atoms with Gasteiger partial charge in [0, 0.05) is 23.7 Å². The standard InChI is InChI=1S/C15H22N4S/c1-12-5-7-14(8-6-12)20-13(2)9-18(3)10-15-17-16-11-19(15)4/h5-8,11,13H,9-10H2,1-4H3. The maximum atomic E-state index is 4.12. The molecule has 0 saturated carbocycles. The molecule has 1 unspecified atom stereocenters. The molecule has 0 spiro atoms. The normalized spacial score (nSPS) is 12.8. The van der Waals surface area contributed by atoms with Crippen molar-refractivity contribution < 1.29 is 0 Å². The SMILES string of the molecule is Cc1ccc(SC(C)CN(C)Cc2nncn2C)cc1. The molecule has 2 rings (SSSR count). The molecule has 0 aliphatic heterocycles. The quantitative estimate of drug-likeness (QED) is 0.766. The Morgan fingerprint density at radius 3 is 2.60 bits per heavy atom. The molecule has 5 heteroatoms. The monoisotopic (exact) mass is 290 g/mol. The number of nitrogens with zero attached hydrogens (tertiary/aromatic N) is 4. The average Bonchev–Trinajstić information content (AvgIpc) is 2.77. The third kappa shape index (κ3) is 4.35. The summed E-state index contributed by atoms with van der Waals surface area (Å²) in [5.74, 6) is 1.00. The second-order valence-corrected chi connectivity index (χ2v) is 6.81. The molecular formula is C15H22N4S. The van der Waals surface area contributed by atoms with Crippen LogP contribution in [0.2, 0.25) is 0 Å². The molecule has 0 fully saturated rings. The van der Waals surface area contributed by atoms with E-state index < -0.39 is 0 Å². The average molecular weight is 290 g/mol. The van der Waals surface area contributed by atoms with E-state index in [2.05, 4.69) is 60.3 Å². The predicted octanol–water partition coefficient (Wildman–Crippen LogP) is 2.74. The third-order valence-corrected chi connectivity index (χ3v) is 4.24. The highest BCUT2D eigenvalue weighted by atomic mass is 32.2. The fourth-order valence-electron chi connectivity index (χ4n) is 2.08. The largest absolute Gasteiger partial charge is 0.320 e. The number of thioether (sulfide) groups is 1. The number of aromatic nitrogens is 3. The molecule has 108 valence electrons. The zero-order chi connectivity index (χ0) is 14.5. The first kappa shape index (κ1) is 15.1. The van der Waals surface area contributed by atoms with Crippen molar-refractivity contribution in [2.45, 2.75) is 30.5 Å². The summed E-state index contributed by atoms with van der Waals surface area (Å²) in [4.78, 5) is 3.62. The van der Waals surface area contributed by atoms with Crippen molar-refractivity contribution in [2.24, 2.45) is 7.05 Å². The molecule has 1 aromatic carbocycles. The van der Waals surface area contributed by atoms with Crippen molar-refractivity contribution in [2.75, 3.05) is 13.6 Å². The van der Waals surface area contributed by atoms with Crippen molar-refractivity contribution in [1.29, 1.82) is 0 Å². The molecule has 1 heterocycles. The van der Waals surface area contributed by atoms with Crippen LogP contribution in [0.4, 0.5) is 0 Å². The lowest BCUT2D eigenvalue weighted by Crippen LogP contribution is -2.26. The molecule has 1 aromatic heterocycles. The van der Waals surface area contributed by atoms with Gasteiger partial charge in [-0.25, -0.2) is 0 Å². The van der Waals surface area contributed by atoms with Gasteiger partial charge >= 0.3 is 0 Å². The minimum absolute atomic E-state index is 0.538. The third-order valence-electron chi connectivity index (χ3n) is 3.14. The summed E-state index contributed by atoms with van der Waals surface area (Å²) < 4.78 is 1.97. The van der Waals surface area contributed by atoms with E-state index >= 15 is 0 Å². The van der Waals surface area contributed by atoms with Gasteiger partial charge in [-0.1, -0.05) is 24.6 Å². The van der Waals surface area contributed by atoms with Crippen molar-refractivity contribution in [3.63, 3.8) is 0 Å². The van der Waals surface area contributed by atoms with E-state index in [0.717, 1.165) is 18.9 Å². The topological polar surface area (TPSA) is 34.0 Å². The summed E-state index contributed by atoms with van der Waals surface area (Å²) in [5.41, 5.74) is 1.31. The van der Waals surface area contributed by atoms with Crippen LogP contribution in [-0.2, 0) is 13.6 Å². The Bertz CT molecular complexity index is 535. The first-order chi connectivity index (χ1) is 9.54. The summed E-state index contributed by atoms with van der Waals surface area (Å²) >= 11 is 1.91. The van der Waals surface area contributed by atoms with Crippen molar-refractivity contribution in [1.82, 2.24) is 19.7 Å². The molecule has 0 amide bonds. The summed E-state index contributed by atoms with van der Waals surface area (Å²) in [6, 6.07) is 8.72. The Morgan fingerprint density at radius 1 is 1.30 bits per heavy atom. The van der Waals surface area contributed by atoms with E-state index in [4.69, 9.17) is 0 Å². The second-order valence-electron chi connectivity index (χ2n) is 5.30. The minimum Gasteiger partial charge on any atom is -0.320 e. The van der Waals surface area contributed by atoms with Gasteiger partial charge in [0.05, 0.1) is 6.54 Å². The fraction of sp³-hybridized carbons (Fsp3) is 0.467. The number of rotatable bonds is 6. The van der Waals surface area contributed by atoms with Gasteiger partial charge in [-0.15, -0.1) is 22.0 Å². The molecule has 0 aliphatic rings. The Balaban J connectivity index is 1.83. The van der Waals surface area contributed by atoms with Crippen LogP contribution in [0.5, 0.6) is 0 Å². The van der Waals surface area contributed by atoms with Gasteiger partial charge in [-0.2, -0.15) is 0 Å². The fourth-order valence-corrected chi connectivity index (χ4v) is 3.17. The van der Waals surface area contributed by atoms with Crippen LogP contribution in [-0.4, -0.2) is 38.5 Å². The lowest BCUT2D eigenvalue weighted by Gasteiger charge is -2.20. The Hall–Kier alpha value is -1.33. The van der Waals surface area contributed by atoms with E-state index in [0.29, 0.717) is 5.25 Å². The van der Waals surface area contributed by atoms with Crippen molar-refractivity contribution >= 4 is 11.8 Å². The summed E-state index contributed by atoms with van der Waals surface area (Å²) in [7, 11) is 4.11. The van der Waals surface area contributed by atoms with E-state index in [-0.39, 0.29) is 0 Å². The molecular weight excluding hydrogens is 268 g/mol. The van der Waals surface area contributed by atoms with E-state index in [1.807, 2.05) is 23.4 Å². The molecule has 0 aliphatic carbocycles. The van der Waals surface area contributed by atoms with Crippen LogP contribution in [0.15, 0.2) is 35.5 Å². The Morgan fingerprint density at radius 2 is 2.00 bits per heavy atom. The van der Waals surface area contributed by atoms with Gasteiger partial charge in [0.15, 0.2) is 0 Å².